The Kier molecular flexibility index (Phi) is 4.44. The van der Waals surface area contributed by atoms with E-state index in [0.717, 1.165) is 0 Å². The smallest absolute Gasteiger partial charge is 0.343 e. The van der Waals surface area contributed by atoms with Gasteiger partial charge in [0, 0.05) is 16.1 Å². The number of ketones is 1. The second kappa shape index (κ2) is 6.53. The fourth-order valence-electron chi connectivity index (χ4n) is 2.77. The van der Waals surface area contributed by atoms with Gasteiger partial charge in [0.2, 0.25) is 0 Å². The molecular weight excluding hydrogens is 332 g/mol. The Hall–Kier alpha value is -2.53. The number of halogens is 1. The molecule has 2 aromatic carbocycles. The SMILES string of the molecule is COc1ccc2c(c1OC)C(=O)O[C@@H]2CC(=O)c1cccc(Cl)c1. The Balaban J connectivity index is 1.91. The second-order valence-electron chi connectivity index (χ2n) is 5.30. The third-order valence-electron chi connectivity index (χ3n) is 3.90. The van der Waals surface area contributed by atoms with Crippen molar-refractivity contribution in [2.75, 3.05) is 14.2 Å². The fourth-order valence-corrected chi connectivity index (χ4v) is 2.96. The van der Waals surface area contributed by atoms with Crippen LogP contribution in [-0.2, 0) is 4.74 Å². The summed E-state index contributed by atoms with van der Waals surface area (Å²) in [6.07, 6.45) is -0.618. The number of Topliss-reactive ketones (excluding diaryl/α,β-unsaturated/α-hetero) is 1. The Morgan fingerprint density at radius 2 is 2.00 bits per heavy atom. The molecule has 0 bridgehead atoms. The molecule has 0 aromatic heterocycles. The number of hydrogen-bond donors (Lipinski definition) is 0. The number of hydrogen-bond acceptors (Lipinski definition) is 5. The third kappa shape index (κ3) is 2.83. The minimum atomic E-state index is -0.654. The number of cyclic esters (lactones) is 1. The van der Waals surface area contributed by atoms with E-state index >= 15 is 0 Å². The molecule has 1 aliphatic heterocycles. The average molecular weight is 347 g/mol. The molecular formula is C18H15ClO5. The molecule has 5 nitrogen and oxygen atoms in total. The van der Waals surface area contributed by atoms with Gasteiger partial charge in [-0.05, 0) is 18.2 Å². The zero-order valence-corrected chi connectivity index (χ0v) is 13.9. The molecule has 0 radical (unpaired) electrons. The number of carbonyl (C=O) groups is 2. The van der Waals surface area contributed by atoms with Gasteiger partial charge in [-0.3, -0.25) is 4.79 Å². The number of esters is 1. The Morgan fingerprint density at radius 1 is 1.21 bits per heavy atom. The molecule has 0 saturated carbocycles. The van der Waals surface area contributed by atoms with Crippen LogP contribution >= 0.6 is 11.6 Å². The van der Waals surface area contributed by atoms with E-state index in [0.29, 0.717) is 33.2 Å². The van der Waals surface area contributed by atoms with E-state index in [2.05, 4.69) is 0 Å². The van der Waals surface area contributed by atoms with Crippen molar-refractivity contribution < 1.29 is 23.8 Å². The summed E-state index contributed by atoms with van der Waals surface area (Å²) in [5.74, 6) is 0.0790. The van der Waals surface area contributed by atoms with Crippen molar-refractivity contribution in [2.45, 2.75) is 12.5 Å². The number of carbonyl (C=O) groups excluding carboxylic acids is 2. The molecule has 0 saturated heterocycles. The predicted molar refractivity (Wildman–Crippen MR) is 88.1 cm³/mol. The monoisotopic (exact) mass is 346 g/mol. The molecule has 24 heavy (non-hydrogen) atoms. The lowest BCUT2D eigenvalue weighted by atomic mass is 9.97. The number of ether oxygens (including phenoxy) is 3. The third-order valence-corrected chi connectivity index (χ3v) is 4.13. The van der Waals surface area contributed by atoms with Crippen LogP contribution in [0.4, 0.5) is 0 Å². The van der Waals surface area contributed by atoms with Crippen LogP contribution in [0.1, 0.15) is 38.8 Å². The summed E-state index contributed by atoms with van der Waals surface area (Å²) in [7, 11) is 2.94. The normalized spacial score (nSPS) is 15.6. The maximum Gasteiger partial charge on any atom is 0.343 e. The molecule has 124 valence electrons. The Labute approximate surface area is 144 Å². The molecule has 0 unspecified atom stereocenters. The topological polar surface area (TPSA) is 61.8 Å². The molecule has 1 heterocycles. The molecule has 3 rings (SSSR count). The zero-order chi connectivity index (χ0) is 17.3. The highest BCUT2D eigenvalue weighted by atomic mass is 35.5. The summed E-state index contributed by atoms with van der Waals surface area (Å²) >= 11 is 5.91. The minimum absolute atomic E-state index is 0.0363. The van der Waals surface area contributed by atoms with Gasteiger partial charge in [0.05, 0.1) is 20.6 Å². The molecule has 2 aromatic rings. The van der Waals surface area contributed by atoms with Gasteiger partial charge < -0.3 is 14.2 Å². The summed E-state index contributed by atoms with van der Waals surface area (Å²) in [6.45, 7) is 0. The first-order valence-corrected chi connectivity index (χ1v) is 7.67. The maximum absolute atomic E-state index is 12.4. The summed E-state index contributed by atoms with van der Waals surface area (Å²) in [6, 6.07) is 10.1. The van der Waals surface area contributed by atoms with Gasteiger partial charge in [0.15, 0.2) is 17.3 Å². The molecule has 0 aliphatic carbocycles. The van der Waals surface area contributed by atoms with Crippen LogP contribution in [0, 0.1) is 0 Å². The number of benzene rings is 2. The lowest BCUT2D eigenvalue weighted by Gasteiger charge is -2.12. The van der Waals surface area contributed by atoms with Gasteiger partial charge >= 0.3 is 5.97 Å². The van der Waals surface area contributed by atoms with Gasteiger partial charge in [0.25, 0.3) is 0 Å². The largest absolute Gasteiger partial charge is 0.493 e. The van der Waals surface area contributed by atoms with Crippen molar-refractivity contribution in [3.05, 3.63) is 58.1 Å². The second-order valence-corrected chi connectivity index (χ2v) is 5.73. The van der Waals surface area contributed by atoms with Crippen LogP contribution in [0.2, 0.25) is 5.02 Å². The van der Waals surface area contributed by atoms with Crippen LogP contribution in [0.25, 0.3) is 0 Å². The summed E-state index contributed by atoms with van der Waals surface area (Å²) in [4.78, 5) is 24.6. The van der Waals surface area contributed by atoms with E-state index in [4.69, 9.17) is 25.8 Å². The van der Waals surface area contributed by atoms with Gasteiger partial charge in [-0.1, -0.05) is 29.8 Å². The highest BCUT2D eigenvalue weighted by molar-refractivity contribution is 6.31. The van der Waals surface area contributed by atoms with E-state index in [-0.39, 0.29) is 12.2 Å². The number of fused-ring (bicyclic) bond motifs is 1. The molecule has 1 atom stereocenters. The minimum Gasteiger partial charge on any atom is -0.493 e. The molecule has 1 aliphatic rings. The first kappa shape index (κ1) is 16.3. The fraction of sp³-hybridized carbons (Fsp3) is 0.222. The van der Waals surface area contributed by atoms with Gasteiger partial charge in [0.1, 0.15) is 11.7 Å². The van der Waals surface area contributed by atoms with Crippen molar-refractivity contribution in [1.82, 2.24) is 0 Å². The zero-order valence-electron chi connectivity index (χ0n) is 13.2. The molecule has 0 fully saturated rings. The van der Waals surface area contributed by atoms with E-state index in [1.54, 1.807) is 36.4 Å². The van der Waals surface area contributed by atoms with E-state index < -0.39 is 12.1 Å². The van der Waals surface area contributed by atoms with Crippen LogP contribution in [0.3, 0.4) is 0 Å². The Bertz CT molecular complexity index is 815. The summed E-state index contributed by atoms with van der Waals surface area (Å²) < 4.78 is 15.8. The highest BCUT2D eigenvalue weighted by Crippen LogP contribution is 2.43. The standard InChI is InChI=1S/C18H15ClO5/c1-22-14-7-6-12-15(24-18(21)16(12)17(14)23-2)9-13(20)10-4-3-5-11(19)8-10/h3-8,15H,9H2,1-2H3/t15-/m1/s1. The van der Waals surface area contributed by atoms with Gasteiger partial charge in [-0.15, -0.1) is 0 Å². The Morgan fingerprint density at radius 3 is 2.67 bits per heavy atom. The van der Waals surface area contributed by atoms with Gasteiger partial charge in [-0.25, -0.2) is 4.79 Å². The number of methoxy groups -OCH3 is 2. The maximum atomic E-state index is 12.4. The van der Waals surface area contributed by atoms with Crippen LogP contribution < -0.4 is 9.47 Å². The van der Waals surface area contributed by atoms with Crippen molar-refractivity contribution in [1.29, 1.82) is 0 Å². The first-order valence-electron chi connectivity index (χ1n) is 7.29. The lowest BCUT2D eigenvalue weighted by molar-refractivity contribution is 0.0365. The number of rotatable bonds is 5. The van der Waals surface area contributed by atoms with Crippen LogP contribution in [-0.4, -0.2) is 26.0 Å². The van der Waals surface area contributed by atoms with Crippen LogP contribution in [0.5, 0.6) is 11.5 Å². The van der Waals surface area contributed by atoms with Crippen molar-refractivity contribution in [3.8, 4) is 11.5 Å². The van der Waals surface area contributed by atoms with Crippen molar-refractivity contribution >= 4 is 23.4 Å². The molecule has 0 N–H and O–H groups in total. The molecule has 0 amide bonds. The average Bonchev–Trinajstić information content (AvgIpc) is 2.90. The molecule has 6 heteroatoms. The predicted octanol–water partition coefficient (Wildman–Crippen LogP) is 3.84. The van der Waals surface area contributed by atoms with E-state index in [1.807, 2.05) is 0 Å². The van der Waals surface area contributed by atoms with Gasteiger partial charge in [-0.2, -0.15) is 0 Å². The first-order chi connectivity index (χ1) is 11.5. The quantitative estimate of drug-likeness (QED) is 0.608. The summed E-state index contributed by atoms with van der Waals surface area (Å²) in [5.41, 5.74) is 1.40. The lowest BCUT2D eigenvalue weighted by Crippen LogP contribution is -2.07. The van der Waals surface area contributed by atoms with E-state index in [1.165, 1.54) is 14.2 Å². The van der Waals surface area contributed by atoms with Crippen LogP contribution in [0.15, 0.2) is 36.4 Å². The summed E-state index contributed by atoms with van der Waals surface area (Å²) in [5, 5.41) is 0.482. The van der Waals surface area contributed by atoms with E-state index in [9.17, 15) is 9.59 Å². The van der Waals surface area contributed by atoms with Crippen molar-refractivity contribution in [3.63, 3.8) is 0 Å². The molecule has 0 spiro atoms. The highest BCUT2D eigenvalue weighted by Gasteiger charge is 2.36. The van der Waals surface area contributed by atoms with Crippen molar-refractivity contribution in [2.24, 2.45) is 0 Å².